The van der Waals surface area contributed by atoms with Crippen molar-refractivity contribution >= 4 is 51.2 Å². The highest BCUT2D eigenvalue weighted by atomic mass is 32.3. The smallest absolute Gasteiger partial charge is 0.465 e. The summed E-state index contributed by atoms with van der Waals surface area (Å²) in [5.41, 5.74) is -5.76. The number of esters is 1. The molecule has 164 valence electrons. The first kappa shape index (κ1) is 27.1. The molecule has 0 aliphatic heterocycles. The molecule has 0 fully saturated rings. The maximum absolute atomic E-state index is 12.5. The second-order valence-corrected chi connectivity index (χ2v) is 10.8. The summed E-state index contributed by atoms with van der Waals surface area (Å²) in [6, 6.07) is 0. The van der Waals surface area contributed by atoms with Crippen LogP contribution in [0.2, 0.25) is 0 Å². The minimum Gasteiger partial charge on any atom is -0.465 e. The zero-order chi connectivity index (χ0) is 21.3. The number of carbonyl (C=O) groups excluding carboxylic acids is 1. The number of nitrogens with zero attached hydrogens (tertiary/aromatic N) is 1. The van der Waals surface area contributed by atoms with E-state index in [4.69, 9.17) is 4.74 Å². The van der Waals surface area contributed by atoms with Gasteiger partial charge >= 0.3 is 21.5 Å². The highest BCUT2D eigenvalue weighted by Gasteiger charge is 2.55. The van der Waals surface area contributed by atoms with Gasteiger partial charge in [0.05, 0.1) is 25.4 Å². The van der Waals surface area contributed by atoms with E-state index >= 15 is 0 Å². The minimum atomic E-state index is -6.10. The minimum absolute atomic E-state index is 0.277. The van der Waals surface area contributed by atoms with E-state index in [1.54, 1.807) is 18.7 Å². The fourth-order valence-electron chi connectivity index (χ4n) is 1.60. The number of hydrogen-bond acceptors (Lipinski definition) is 9. The molecule has 0 amide bonds. The molecular weight excluding hydrogens is 455 g/mol. The quantitative estimate of drug-likeness (QED) is 0.160. The molecule has 0 heterocycles. The summed E-state index contributed by atoms with van der Waals surface area (Å²) in [5.74, 6) is 0.328. The molecule has 0 aliphatic carbocycles. The van der Waals surface area contributed by atoms with Gasteiger partial charge in [0.1, 0.15) is 0 Å². The van der Waals surface area contributed by atoms with Crippen molar-refractivity contribution in [2.45, 2.75) is 25.3 Å². The summed E-state index contributed by atoms with van der Waals surface area (Å²) >= 11 is 5.61. The molecule has 0 radical (unpaired) electrons. The number of halogens is 3. The second-order valence-electron chi connectivity index (χ2n) is 5.24. The Morgan fingerprint density at radius 2 is 1.89 bits per heavy atom. The van der Waals surface area contributed by atoms with Crippen molar-refractivity contribution in [3.63, 3.8) is 0 Å². The summed E-state index contributed by atoms with van der Waals surface area (Å²) in [5, 5.41) is 0. The van der Waals surface area contributed by atoms with Gasteiger partial charge in [0, 0.05) is 16.0 Å². The molecule has 0 aromatic carbocycles. The van der Waals surface area contributed by atoms with Crippen LogP contribution in [0.15, 0.2) is 0 Å². The summed E-state index contributed by atoms with van der Waals surface area (Å²) in [4.78, 5) is 15.8. The van der Waals surface area contributed by atoms with E-state index in [1.165, 1.54) is 0 Å². The SMILES string of the molecule is CON(S(O)(O)CCCOC(=O)C(C)CSCCCS)S(=O)(=O)C(F)(F)F. The molecule has 0 bridgehead atoms. The fraction of sp³-hybridized carbons (Fsp3) is 0.917. The van der Waals surface area contributed by atoms with Crippen LogP contribution in [0.4, 0.5) is 13.2 Å². The van der Waals surface area contributed by atoms with E-state index in [0.29, 0.717) is 12.9 Å². The first-order valence-corrected chi connectivity index (χ1v) is 12.5. The van der Waals surface area contributed by atoms with Gasteiger partial charge in [0.25, 0.3) is 0 Å². The standard InChI is InChI=1S/C12H24F3NO7S4/c1-10(9-25-7-4-6-24)11(17)23-5-3-8-26(18,19)16(22-2)27(20,21)12(13,14)15/h10,18-19,24H,3-9H2,1-2H3. The van der Waals surface area contributed by atoms with Gasteiger partial charge in [-0.3, -0.25) is 18.7 Å². The van der Waals surface area contributed by atoms with Crippen LogP contribution in [0.25, 0.3) is 0 Å². The highest BCUT2D eigenvalue weighted by molar-refractivity contribution is 8.27. The number of hydrogen-bond donors (Lipinski definition) is 3. The Morgan fingerprint density at radius 1 is 1.30 bits per heavy atom. The number of thiol groups is 1. The summed E-state index contributed by atoms with van der Waals surface area (Å²) < 4.78 is 83.7. The Kier molecular flexibility index (Phi) is 12.0. The van der Waals surface area contributed by atoms with Gasteiger partial charge < -0.3 is 4.74 Å². The Hall–Kier alpha value is 0.1000. The van der Waals surface area contributed by atoms with E-state index in [1.807, 2.05) is 0 Å². The van der Waals surface area contributed by atoms with E-state index in [2.05, 4.69) is 17.5 Å². The first-order valence-electron chi connectivity index (χ1n) is 7.58. The van der Waals surface area contributed by atoms with Crippen molar-refractivity contribution in [2.75, 3.05) is 36.7 Å². The molecule has 27 heavy (non-hydrogen) atoms. The molecule has 0 aromatic heterocycles. The zero-order valence-electron chi connectivity index (χ0n) is 14.7. The van der Waals surface area contributed by atoms with Crippen LogP contribution in [0.1, 0.15) is 19.8 Å². The number of carbonyl (C=O) groups is 1. The van der Waals surface area contributed by atoms with Gasteiger partial charge in [-0.1, -0.05) is 6.92 Å². The average molecular weight is 480 g/mol. The molecule has 0 rings (SSSR count). The molecule has 0 spiro atoms. The Bertz CT molecular complexity index is 560. The maximum Gasteiger partial charge on any atom is 0.515 e. The normalized spacial score (nSPS) is 15.0. The van der Waals surface area contributed by atoms with Crippen molar-refractivity contribution in [3.05, 3.63) is 0 Å². The number of ether oxygens (including phenoxy) is 1. The molecule has 0 aliphatic rings. The molecular formula is C12H24F3NO7S4. The molecule has 8 nitrogen and oxygen atoms in total. The van der Waals surface area contributed by atoms with Crippen molar-refractivity contribution in [3.8, 4) is 0 Å². The predicted molar refractivity (Wildman–Crippen MR) is 102 cm³/mol. The zero-order valence-corrected chi connectivity index (χ0v) is 18.1. The van der Waals surface area contributed by atoms with Crippen LogP contribution in [0.3, 0.4) is 0 Å². The average Bonchev–Trinajstić information content (AvgIpc) is 2.54. The van der Waals surface area contributed by atoms with Crippen LogP contribution in [0, 0.1) is 5.92 Å². The molecule has 15 heteroatoms. The van der Waals surface area contributed by atoms with Gasteiger partial charge in [-0.2, -0.15) is 46.0 Å². The molecule has 1 atom stereocenters. The fourth-order valence-corrected chi connectivity index (χ4v) is 5.97. The van der Waals surface area contributed by atoms with Crippen LogP contribution in [0.5, 0.6) is 0 Å². The lowest BCUT2D eigenvalue weighted by molar-refractivity contribution is -0.147. The van der Waals surface area contributed by atoms with Crippen LogP contribution < -0.4 is 0 Å². The molecule has 2 N–H and O–H groups in total. The van der Waals surface area contributed by atoms with Crippen molar-refractivity contribution in [1.29, 1.82) is 0 Å². The molecule has 1 unspecified atom stereocenters. The molecule has 0 saturated carbocycles. The maximum atomic E-state index is 12.5. The molecule has 0 saturated heterocycles. The predicted octanol–water partition coefficient (Wildman–Crippen LogP) is 2.99. The summed E-state index contributed by atoms with van der Waals surface area (Å²) in [7, 11) is -9.99. The van der Waals surface area contributed by atoms with Gasteiger partial charge in [-0.05, 0) is 17.9 Å². The van der Waals surface area contributed by atoms with Gasteiger partial charge in [0.15, 0.2) is 0 Å². The van der Waals surface area contributed by atoms with Crippen LogP contribution >= 0.6 is 35.2 Å². The Morgan fingerprint density at radius 3 is 2.37 bits per heavy atom. The van der Waals surface area contributed by atoms with E-state index in [0.717, 1.165) is 17.9 Å². The first-order chi connectivity index (χ1) is 12.3. The lowest BCUT2D eigenvalue weighted by Gasteiger charge is -2.39. The van der Waals surface area contributed by atoms with E-state index in [9.17, 15) is 35.5 Å². The number of thioether (sulfide) groups is 1. The van der Waals surface area contributed by atoms with Gasteiger partial charge in [0.2, 0.25) is 0 Å². The van der Waals surface area contributed by atoms with Crippen molar-refractivity contribution < 1.29 is 45.1 Å². The van der Waals surface area contributed by atoms with Crippen LogP contribution in [-0.2, 0) is 24.4 Å². The summed E-state index contributed by atoms with van der Waals surface area (Å²) in [6.07, 6.45) is 0.616. The monoisotopic (exact) mass is 479 g/mol. The largest absolute Gasteiger partial charge is 0.515 e. The third kappa shape index (κ3) is 8.97. The molecule has 0 aromatic rings. The third-order valence-electron chi connectivity index (χ3n) is 2.90. The van der Waals surface area contributed by atoms with E-state index in [-0.39, 0.29) is 13.0 Å². The summed E-state index contributed by atoms with van der Waals surface area (Å²) in [6.45, 7) is 1.33. The Labute approximate surface area is 168 Å². The van der Waals surface area contributed by atoms with Gasteiger partial charge in [-0.15, -0.1) is 10.8 Å². The van der Waals surface area contributed by atoms with Crippen molar-refractivity contribution in [2.24, 2.45) is 5.92 Å². The number of rotatable bonds is 13. The lowest BCUT2D eigenvalue weighted by Crippen LogP contribution is -2.42. The lowest BCUT2D eigenvalue weighted by atomic mass is 10.2. The van der Waals surface area contributed by atoms with Crippen molar-refractivity contribution in [1.82, 2.24) is 3.87 Å². The number of alkyl halides is 3. The number of sulfonamides is 1. The topological polar surface area (TPSA) is 113 Å². The second kappa shape index (κ2) is 11.9. The third-order valence-corrected chi connectivity index (χ3v) is 8.42. The van der Waals surface area contributed by atoms with E-state index < -0.39 is 47.8 Å². The van der Waals surface area contributed by atoms with Crippen LogP contribution in [-0.4, -0.2) is 69.6 Å². The highest BCUT2D eigenvalue weighted by Crippen LogP contribution is 2.48. The van der Waals surface area contributed by atoms with Gasteiger partial charge in [-0.25, -0.2) is 0 Å². The Balaban J connectivity index is 4.51.